The van der Waals surface area contributed by atoms with Gasteiger partial charge in [-0.1, -0.05) is 354 Å². The van der Waals surface area contributed by atoms with Crippen LogP contribution in [0.5, 0.6) is 0 Å². The van der Waals surface area contributed by atoms with Gasteiger partial charge in [0.1, 0.15) is 19.3 Å². The van der Waals surface area contributed by atoms with Gasteiger partial charge in [0.15, 0.2) is 12.2 Å². The summed E-state index contributed by atoms with van der Waals surface area (Å²) in [6, 6.07) is 0. The zero-order valence-corrected chi connectivity index (χ0v) is 66.6. The topological polar surface area (TPSA) is 237 Å². The van der Waals surface area contributed by atoms with Crippen molar-refractivity contribution >= 4 is 39.5 Å². The van der Waals surface area contributed by atoms with Crippen LogP contribution in [-0.2, 0) is 65.4 Å². The van der Waals surface area contributed by atoms with Crippen molar-refractivity contribution < 1.29 is 80.2 Å². The van der Waals surface area contributed by atoms with Crippen molar-refractivity contribution in [1.82, 2.24) is 0 Å². The molecule has 0 saturated carbocycles. The molecule has 590 valence electrons. The fourth-order valence-electron chi connectivity index (χ4n) is 12.0. The fraction of sp³-hybridized carbons (Fsp3) is 0.901. The summed E-state index contributed by atoms with van der Waals surface area (Å²) in [4.78, 5) is 72.9. The molecular formula is C81H154O17P2. The highest BCUT2D eigenvalue weighted by molar-refractivity contribution is 7.47. The monoisotopic (exact) mass is 1460 g/mol. The molecule has 3 N–H and O–H groups in total. The molecule has 0 aromatic heterocycles. The Balaban J connectivity index is 5.25. The van der Waals surface area contributed by atoms with Gasteiger partial charge in [0.2, 0.25) is 0 Å². The van der Waals surface area contributed by atoms with Crippen LogP contribution in [0.2, 0.25) is 0 Å². The second-order valence-corrected chi connectivity index (χ2v) is 31.9. The zero-order chi connectivity index (χ0) is 73.4. The average molecular weight is 1460 g/mol. The van der Waals surface area contributed by atoms with Gasteiger partial charge in [-0.2, -0.15) is 0 Å². The van der Waals surface area contributed by atoms with Crippen LogP contribution in [0, 0.1) is 5.92 Å². The van der Waals surface area contributed by atoms with Crippen LogP contribution in [-0.4, -0.2) is 96.7 Å². The first-order valence-corrected chi connectivity index (χ1v) is 44.4. The van der Waals surface area contributed by atoms with Crippen LogP contribution < -0.4 is 0 Å². The Kier molecular flexibility index (Phi) is 71.6. The highest BCUT2D eigenvalue weighted by atomic mass is 31.2. The van der Waals surface area contributed by atoms with Crippen molar-refractivity contribution in [3.63, 3.8) is 0 Å². The summed E-state index contributed by atoms with van der Waals surface area (Å²) in [5, 5.41) is 10.6. The maximum atomic E-state index is 13.1. The molecule has 5 atom stereocenters. The number of ether oxygens (including phenoxy) is 4. The summed E-state index contributed by atoms with van der Waals surface area (Å²) in [5.74, 6) is -1.46. The largest absolute Gasteiger partial charge is 0.472 e. The third kappa shape index (κ3) is 73.8. The van der Waals surface area contributed by atoms with Gasteiger partial charge in [0.05, 0.1) is 26.4 Å². The molecule has 0 aromatic carbocycles. The third-order valence-corrected chi connectivity index (χ3v) is 20.3. The van der Waals surface area contributed by atoms with Gasteiger partial charge >= 0.3 is 39.5 Å². The first-order valence-electron chi connectivity index (χ1n) is 41.5. The molecule has 2 unspecified atom stereocenters. The minimum Gasteiger partial charge on any atom is -0.462 e. The summed E-state index contributed by atoms with van der Waals surface area (Å²) < 4.78 is 68.6. The molecular weight excluding hydrogens is 1310 g/mol. The molecule has 100 heavy (non-hydrogen) atoms. The summed E-state index contributed by atoms with van der Waals surface area (Å²) >= 11 is 0. The predicted molar refractivity (Wildman–Crippen MR) is 409 cm³/mol. The van der Waals surface area contributed by atoms with Crippen molar-refractivity contribution in [3.8, 4) is 0 Å². The lowest BCUT2D eigenvalue weighted by atomic mass is 10.0. The van der Waals surface area contributed by atoms with Crippen molar-refractivity contribution in [3.05, 3.63) is 24.3 Å². The SMILES string of the molecule is CCCCCC/C=C\C=C/CCCCCCCC(=O)O[C@H](COC(=O)CCCCCCCCC(C)C)COP(=O)(O)OC[C@H](O)COP(=O)(O)OC[C@@H](COC(=O)CCCCCCCCCCCCCCCCCCCC)OC(=O)CCCCCCCCCCCCCCCCCCCC. The molecule has 0 aliphatic rings. The Morgan fingerprint density at radius 1 is 0.310 bits per heavy atom. The number of esters is 4. The van der Waals surface area contributed by atoms with Crippen molar-refractivity contribution in [2.75, 3.05) is 39.6 Å². The summed E-state index contributed by atoms with van der Waals surface area (Å²) in [5.41, 5.74) is 0. The van der Waals surface area contributed by atoms with E-state index in [1.54, 1.807) is 0 Å². The van der Waals surface area contributed by atoms with Gasteiger partial charge in [0, 0.05) is 25.7 Å². The first kappa shape index (κ1) is 97.5. The second-order valence-electron chi connectivity index (χ2n) is 29.0. The van der Waals surface area contributed by atoms with E-state index in [1.807, 2.05) is 0 Å². The number of rotatable bonds is 79. The van der Waals surface area contributed by atoms with Gasteiger partial charge < -0.3 is 33.8 Å². The summed E-state index contributed by atoms with van der Waals surface area (Å²) in [6.45, 7) is 7.18. The van der Waals surface area contributed by atoms with Crippen LogP contribution in [0.25, 0.3) is 0 Å². The van der Waals surface area contributed by atoms with E-state index in [4.69, 9.17) is 37.0 Å². The number of carbonyl (C=O) groups is 4. The van der Waals surface area contributed by atoms with Gasteiger partial charge in [-0.15, -0.1) is 0 Å². The quantitative estimate of drug-likeness (QED) is 0.0169. The molecule has 0 fully saturated rings. The molecule has 17 nitrogen and oxygen atoms in total. The average Bonchev–Trinajstić information content (AvgIpc) is 0.915. The maximum Gasteiger partial charge on any atom is 0.472 e. The third-order valence-electron chi connectivity index (χ3n) is 18.4. The molecule has 0 aromatic rings. The molecule has 0 bridgehead atoms. The Morgan fingerprint density at radius 3 is 0.820 bits per heavy atom. The number of phosphoric acid groups is 2. The number of hydrogen-bond donors (Lipinski definition) is 3. The lowest BCUT2D eigenvalue weighted by molar-refractivity contribution is -0.161. The Hall–Kier alpha value is -2.46. The van der Waals surface area contributed by atoms with E-state index in [0.29, 0.717) is 31.6 Å². The Bertz CT molecular complexity index is 2000. The van der Waals surface area contributed by atoms with Gasteiger partial charge in [-0.3, -0.25) is 37.3 Å². The van der Waals surface area contributed by atoms with E-state index in [0.717, 1.165) is 109 Å². The van der Waals surface area contributed by atoms with E-state index in [9.17, 15) is 43.2 Å². The molecule has 0 saturated heterocycles. The number of allylic oxidation sites excluding steroid dienone is 4. The van der Waals surface area contributed by atoms with E-state index in [2.05, 4.69) is 58.9 Å². The Morgan fingerprint density at radius 2 is 0.540 bits per heavy atom. The highest BCUT2D eigenvalue weighted by Crippen LogP contribution is 2.45. The number of aliphatic hydroxyl groups excluding tert-OH is 1. The van der Waals surface area contributed by atoms with E-state index in [-0.39, 0.29) is 25.7 Å². The zero-order valence-electron chi connectivity index (χ0n) is 64.8. The minimum atomic E-state index is -4.97. The number of carbonyl (C=O) groups excluding carboxylic acids is 4. The molecule has 0 amide bonds. The van der Waals surface area contributed by atoms with Gasteiger partial charge in [-0.25, -0.2) is 9.13 Å². The van der Waals surface area contributed by atoms with Gasteiger partial charge in [-0.05, 0) is 57.3 Å². The normalized spacial score (nSPS) is 14.0. The second kappa shape index (κ2) is 73.4. The number of hydrogen-bond acceptors (Lipinski definition) is 15. The van der Waals surface area contributed by atoms with Crippen LogP contribution in [0.1, 0.15) is 407 Å². The van der Waals surface area contributed by atoms with E-state index in [1.165, 1.54) is 212 Å². The Labute approximate surface area is 612 Å². The van der Waals surface area contributed by atoms with Crippen LogP contribution in [0.15, 0.2) is 24.3 Å². The molecule has 0 rings (SSSR count). The smallest absolute Gasteiger partial charge is 0.462 e. The standard InChI is InChI=1S/C81H154O17P2/c1-6-9-12-15-18-21-24-27-30-32-34-37-39-42-45-48-54-59-64-78(83)91-70-76(97-80(85)66-62-57-50-47-44-41-38-35-33-31-28-25-22-19-16-13-10-7-2)72-95-99(87,88)93-68-75(82)69-94-100(89,90)96-73-77(71-92-79(84)65-60-55-52-51-53-58-63-74(4)5)98-81(86)67-61-56-49-46-43-40-36-29-26-23-20-17-14-11-8-3/h23,26,29,36,74-77,82H,6-22,24-25,27-28,30-35,37-73H2,1-5H3,(H,87,88)(H,89,90)/b26-23-,36-29-/t75-,76-,77-/m1/s1. The van der Waals surface area contributed by atoms with E-state index >= 15 is 0 Å². The van der Waals surface area contributed by atoms with Crippen molar-refractivity contribution in [2.24, 2.45) is 5.92 Å². The number of unbranched alkanes of at least 4 members (excludes halogenated alkanes) is 48. The van der Waals surface area contributed by atoms with Crippen LogP contribution >= 0.6 is 15.6 Å². The minimum absolute atomic E-state index is 0.0844. The first-order chi connectivity index (χ1) is 48.5. The molecule has 0 radical (unpaired) electrons. The van der Waals surface area contributed by atoms with Crippen molar-refractivity contribution in [1.29, 1.82) is 0 Å². The number of phosphoric ester groups is 2. The number of aliphatic hydroxyl groups is 1. The fourth-order valence-corrected chi connectivity index (χ4v) is 13.6. The predicted octanol–water partition coefficient (Wildman–Crippen LogP) is 24.0. The lowest BCUT2D eigenvalue weighted by Gasteiger charge is -2.21. The summed E-state index contributed by atoms with van der Waals surface area (Å²) in [7, 11) is -9.93. The van der Waals surface area contributed by atoms with E-state index < -0.39 is 97.5 Å². The maximum absolute atomic E-state index is 13.1. The molecule has 0 aliphatic carbocycles. The molecule has 0 spiro atoms. The van der Waals surface area contributed by atoms with Crippen LogP contribution in [0.3, 0.4) is 0 Å². The molecule has 19 heteroatoms. The lowest BCUT2D eigenvalue weighted by Crippen LogP contribution is -2.30. The molecule has 0 heterocycles. The summed E-state index contributed by atoms with van der Waals surface area (Å²) in [6.07, 6.45) is 67.6. The molecule has 0 aliphatic heterocycles. The van der Waals surface area contributed by atoms with Crippen molar-refractivity contribution in [2.45, 2.75) is 425 Å². The van der Waals surface area contributed by atoms with Gasteiger partial charge in [0.25, 0.3) is 0 Å². The van der Waals surface area contributed by atoms with Crippen LogP contribution in [0.4, 0.5) is 0 Å². The highest BCUT2D eigenvalue weighted by Gasteiger charge is 2.30.